The lowest BCUT2D eigenvalue weighted by molar-refractivity contribution is 0.0693. The maximum atomic E-state index is 12.3. The Hall–Kier alpha value is -0.210. The molecule has 0 spiro atoms. The average Bonchev–Trinajstić information content (AvgIpc) is 2.40. The van der Waals surface area contributed by atoms with Crippen molar-refractivity contribution in [3.8, 4) is 0 Å². The molecule has 2 rings (SSSR count). The molecule has 0 aromatic carbocycles. The van der Waals surface area contributed by atoms with Gasteiger partial charge in [-0.1, -0.05) is 0 Å². The lowest BCUT2D eigenvalue weighted by Crippen LogP contribution is -2.51. The first-order valence-electron chi connectivity index (χ1n) is 6.17. The van der Waals surface area contributed by atoms with Gasteiger partial charge >= 0.3 is 0 Å². The highest BCUT2D eigenvalue weighted by atomic mass is 32.2. The normalized spacial score (nSPS) is 26.2. The number of nitrogens with two attached hydrogens (primary N) is 1. The van der Waals surface area contributed by atoms with Crippen LogP contribution in [0.25, 0.3) is 0 Å². The van der Waals surface area contributed by atoms with Gasteiger partial charge in [0, 0.05) is 26.2 Å². The summed E-state index contributed by atoms with van der Waals surface area (Å²) < 4.78 is 32.9. The van der Waals surface area contributed by atoms with Crippen LogP contribution >= 0.6 is 0 Å². The van der Waals surface area contributed by atoms with E-state index in [9.17, 15) is 8.42 Å². The molecule has 0 aliphatic carbocycles. The highest BCUT2D eigenvalue weighted by molar-refractivity contribution is 7.86. The van der Waals surface area contributed by atoms with Crippen molar-refractivity contribution in [3.05, 3.63) is 0 Å². The van der Waals surface area contributed by atoms with E-state index in [2.05, 4.69) is 0 Å². The first-order valence-corrected chi connectivity index (χ1v) is 7.57. The first-order chi connectivity index (χ1) is 8.14. The molecule has 0 aromatic rings. The zero-order valence-electron chi connectivity index (χ0n) is 10.0. The summed E-state index contributed by atoms with van der Waals surface area (Å²) in [5.41, 5.74) is 5.61. The molecule has 17 heavy (non-hydrogen) atoms. The largest absolute Gasteiger partial charge is 0.379 e. The lowest BCUT2D eigenvalue weighted by atomic mass is 9.99. The van der Waals surface area contributed by atoms with Crippen LogP contribution in [-0.4, -0.2) is 63.0 Å². The van der Waals surface area contributed by atoms with E-state index >= 15 is 0 Å². The van der Waals surface area contributed by atoms with E-state index < -0.39 is 10.2 Å². The van der Waals surface area contributed by atoms with Crippen LogP contribution in [0, 0.1) is 5.92 Å². The van der Waals surface area contributed by atoms with E-state index in [1.165, 1.54) is 4.31 Å². The van der Waals surface area contributed by atoms with E-state index in [-0.39, 0.29) is 0 Å². The van der Waals surface area contributed by atoms with Crippen molar-refractivity contribution in [1.29, 1.82) is 0 Å². The molecular formula is C10H21N3O3S. The Morgan fingerprint density at radius 1 is 1.06 bits per heavy atom. The highest BCUT2D eigenvalue weighted by Crippen LogP contribution is 2.20. The zero-order valence-corrected chi connectivity index (χ0v) is 10.9. The maximum absolute atomic E-state index is 12.3. The summed E-state index contributed by atoms with van der Waals surface area (Å²) in [5.74, 6) is 0.478. The van der Waals surface area contributed by atoms with Crippen LogP contribution in [0.1, 0.15) is 12.8 Å². The van der Waals surface area contributed by atoms with Crippen LogP contribution in [0.4, 0.5) is 0 Å². The molecule has 7 heteroatoms. The second-order valence-electron chi connectivity index (χ2n) is 4.60. The number of rotatable bonds is 3. The van der Waals surface area contributed by atoms with E-state index in [4.69, 9.17) is 10.5 Å². The molecule has 2 saturated heterocycles. The van der Waals surface area contributed by atoms with Gasteiger partial charge in [0.05, 0.1) is 13.2 Å². The molecule has 2 heterocycles. The van der Waals surface area contributed by atoms with Gasteiger partial charge in [-0.2, -0.15) is 17.0 Å². The van der Waals surface area contributed by atoms with Gasteiger partial charge in [-0.25, -0.2) is 0 Å². The zero-order chi connectivity index (χ0) is 12.3. The van der Waals surface area contributed by atoms with Crippen molar-refractivity contribution in [2.45, 2.75) is 12.8 Å². The highest BCUT2D eigenvalue weighted by Gasteiger charge is 2.33. The number of hydrogen-bond acceptors (Lipinski definition) is 4. The molecule has 100 valence electrons. The van der Waals surface area contributed by atoms with Crippen LogP contribution in [-0.2, 0) is 14.9 Å². The SMILES string of the molecule is NCC1CCN(S(=O)(=O)N2CCOCC2)CC1. The summed E-state index contributed by atoms with van der Waals surface area (Å²) in [5, 5.41) is 0. The number of nitrogens with zero attached hydrogens (tertiary/aromatic N) is 2. The van der Waals surface area contributed by atoms with Gasteiger partial charge < -0.3 is 10.5 Å². The van der Waals surface area contributed by atoms with E-state index in [1.807, 2.05) is 0 Å². The summed E-state index contributed by atoms with van der Waals surface area (Å²) in [6, 6.07) is 0. The molecule has 2 N–H and O–H groups in total. The molecule has 0 atom stereocenters. The van der Waals surface area contributed by atoms with Crippen LogP contribution in [0.2, 0.25) is 0 Å². The molecule has 2 aliphatic rings. The molecular weight excluding hydrogens is 242 g/mol. The Labute approximate surface area is 103 Å². The fourth-order valence-corrected chi connectivity index (χ4v) is 3.93. The molecule has 0 saturated carbocycles. The molecule has 0 bridgehead atoms. The Morgan fingerprint density at radius 3 is 2.12 bits per heavy atom. The third kappa shape index (κ3) is 2.97. The molecule has 0 aromatic heterocycles. The van der Waals surface area contributed by atoms with Crippen molar-refractivity contribution in [2.75, 3.05) is 45.9 Å². The predicted octanol–water partition coefficient (Wildman–Crippen LogP) is -0.766. The first kappa shape index (κ1) is 13.2. The summed E-state index contributed by atoms with van der Waals surface area (Å²) in [4.78, 5) is 0. The molecule has 0 amide bonds. The van der Waals surface area contributed by atoms with Gasteiger partial charge in [-0.05, 0) is 25.3 Å². The van der Waals surface area contributed by atoms with Crippen molar-refractivity contribution in [2.24, 2.45) is 11.7 Å². The van der Waals surface area contributed by atoms with Gasteiger partial charge in [0.15, 0.2) is 0 Å². The minimum absolute atomic E-state index is 0.471. The monoisotopic (exact) mass is 263 g/mol. The van der Waals surface area contributed by atoms with Gasteiger partial charge in [0.2, 0.25) is 0 Å². The van der Waals surface area contributed by atoms with E-state index in [0.29, 0.717) is 51.9 Å². The third-order valence-electron chi connectivity index (χ3n) is 3.53. The average molecular weight is 263 g/mol. The van der Waals surface area contributed by atoms with Crippen molar-refractivity contribution in [3.63, 3.8) is 0 Å². The standard InChI is InChI=1S/C10H21N3O3S/c11-9-10-1-3-12(4-2-10)17(14,15)13-5-7-16-8-6-13/h10H,1-9,11H2. The van der Waals surface area contributed by atoms with Crippen molar-refractivity contribution >= 4 is 10.2 Å². The molecule has 0 radical (unpaired) electrons. The van der Waals surface area contributed by atoms with Gasteiger partial charge in [-0.3, -0.25) is 0 Å². The van der Waals surface area contributed by atoms with Gasteiger partial charge in [0.25, 0.3) is 10.2 Å². The Bertz CT molecular complexity index is 333. The number of morpholine rings is 1. The van der Waals surface area contributed by atoms with Crippen molar-refractivity contribution < 1.29 is 13.2 Å². The molecule has 0 unspecified atom stereocenters. The second kappa shape index (κ2) is 5.62. The minimum Gasteiger partial charge on any atom is -0.379 e. The predicted molar refractivity (Wildman–Crippen MR) is 64.7 cm³/mol. The summed E-state index contributed by atoms with van der Waals surface area (Å²) in [7, 11) is -3.27. The second-order valence-corrected chi connectivity index (χ2v) is 6.53. The van der Waals surface area contributed by atoms with Crippen molar-refractivity contribution in [1.82, 2.24) is 8.61 Å². The van der Waals surface area contributed by atoms with Gasteiger partial charge in [0.1, 0.15) is 0 Å². The summed E-state index contributed by atoms with van der Waals surface area (Å²) >= 11 is 0. The van der Waals surface area contributed by atoms with Crippen LogP contribution in [0.15, 0.2) is 0 Å². The number of hydrogen-bond donors (Lipinski definition) is 1. The fraction of sp³-hybridized carbons (Fsp3) is 1.00. The number of ether oxygens (including phenoxy) is 1. The maximum Gasteiger partial charge on any atom is 0.282 e. The smallest absolute Gasteiger partial charge is 0.282 e. The van der Waals surface area contributed by atoms with Crippen LogP contribution in [0.5, 0.6) is 0 Å². The van der Waals surface area contributed by atoms with Crippen LogP contribution in [0.3, 0.4) is 0 Å². The molecule has 6 nitrogen and oxygen atoms in total. The topological polar surface area (TPSA) is 75.9 Å². The fourth-order valence-electron chi connectivity index (χ4n) is 2.32. The van der Waals surface area contributed by atoms with E-state index in [0.717, 1.165) is 12.8 Å². The quantitative estimate of drug-likeness (QED) is 0.726. The van der Waals surface area contributed by atoms with E-state index in [1.54, 1.807) is 4.31 Å². The third-order valence-corrected chi connectivity index (χ3v) is 5.56. The Morgan fingerprint density at radius 2 is 1.59 bits per heavy atom. The number of piperidine rings is 1. The Balaban J connectivity index is 1.96. The minimum atomic E-state index is -3.27. The lowest BCUT2D eigenvalue weighted by Gasteiger charge is -2.35. The molecule has 2 fully saturated rings. The Kier molecular flexibility index (Phi) is 4.37. The van der Waals surface area contributed by atoms with Gasteiger partial charge in [-0.15, -0.1) is 0 Å². The molecule has 2 aliphatic heterocycles. The van der Waals surface area contributed by atoms with Crippen LogP contribution < -0.4 is 5.73 Å². The summed E-state index contributed by atoms with van der Waals surface area (Å²) in [6.07, 6.45) is 1.75. The summed E-state index contributed by atoms with van der Waals surface area (Å²) in [6.45, 7) is 3.80.